The highest BCUT2D eigenvalue weighted by Gasteiger charge is 2.13. The summed E-state index contributed by atoms with van der Waals surface area (Å²) in [4.78, 5) is 12.8. The van der Waals surface area contributed by atoms with Gasteiger partial charge in [-0.2, -0.15) is 0 Å². The second-order valence-electron chi connectivity index (χ2n) is 4.10. The van der Waals surface area contributed by atoms with Crippen molar-refractivity contribution in [2.75, 3.05) is 12.0 Å². The SMILES string of the molecule is CC(CCS(C)=O)NC(=O)c1cc(S)ccc1Br. The van der Waals surface area contributed by atoms with E-state index in [-0.39, 0.29) is 11.9 Å². The maximum Gasteiger partial charge on any atom is 0.252 e. The quantitative estimate of drug-likeness (QED) is 0.802. The zero-order valence-corrected chi connectivity index (χ0v) is 13.6. The highest BCUT2D eigenvalue weighted by atomic mass is 79.9. The average molecular weight is 350 g/mol. The van der Waals surface area contributed by atoms with Crippen LogP contribution < -0.4 is 5.32 Å². The van der Waals surface area contributed by atoms with Crippen LogP contribution in [0.4, 0.5) is 0 Å². The van der Waals surface area contributed by atoms with Crippen LogP contribution in [0.2, 0.25) is 0 Å². The number of thiol groups is 1. The summed E-state index contributed by atoms with van der Waals surface area (Å²) in [6.07, 6.45) is 2.36. The monoisotopic (exact) mass is 349 g/mol. The second kappa shape index (κ2) is 7.31. The van der Waals surface area contributed by atoms with Crippen LogP contribution >= 0.6 is 28.6 Å². The first-order valence-corrected chi connectivity index (χ1v) is 8.46. The summed E-state index contributed by atoms with van der Waals surface area (Å²) in [5.41, 5.74) is 0.562. The summed E-state index contributed by atoms with van der Waals surface area (Å²) in [6.45, 7) is 1.91. The van der Waals surface area contributed by atoms with Gasteiger partial charge in [-0.3, -0.25) is 9.00 Å². The van der Waals surface area contributed by atoms with E-state index in [1.165, 1.54) is 0 Å². The lowest BCUT2D eigenvalue weighted by molar-refractivity contribution is 0.0938. The van der Waals surface area contributed by atoms with Crippen LogP contribution in [-0.2, 0) is 10.8 Å². The molecule has 2 atom stereocenters. The van der Waals surface area contributed by atoms with Gasteiger partial charge < -0.3 is 5.32 Å². The molecule has 0 aliphatic rings. The van der Waals surface area contributed by atoms with Gasteiger partial charge in [0.2, 0.25) is 0 Å². The van der Waals surface area contributed by atoms with Crippen molar-refractivity contribution < 1.29 is 9.00 Å². The van der Waals surface area contributed by atoms with E-state index in [0.717, 1.165) is 9.37 Å². The van der Waals surface area contributed by atoms with E-state index in [4.69, 9.17) is 0 Å². The lowest BCUT2D eigenvalue weighted by atomic mass is 10.2. The molecule has 0 radical (unpaired) electrons. The van der Waals surface area contributed by atoms with E-state index >= 15 is 0 Å². The number of hydrogen-bond acceptors (Lipinski definition) is 3. The molecular formula is C12H16BrNO2S2. The van der Waals surface area contributed by atoms with Gasteiger partial charge in [-0.15, -0.1) is 12.6 Å². The molecule has 2 unspecified atom stereocenters. The predicted octanol–water partition coefficient (Wildman–Crippen LogP) is 2.62. The summed E-state index contributed by atoms with van der Waals surface area (Å²) in [5, 5.41) is 2.88. The van der Waals surface area contributed by atoms with Gasteiger partial charge in [0.1, 0.15) is 0 Å². The molecule has 0 fully saturated rings. The minimum atomic E-state index is -0.826. The number of amides is 1. The van der Waals surface area contributed by atoms with Gasteiger partial charge >= 0.3 is 0 Å². The van der Waals surface area contributed by atoms with Gasteiger partial charge in [0, 0.05) is 38.2 Å². The number of rotatable bonds is 5. The van der Waals surface area contributed by atoms with E-state index in [2.05, 4.69) is 33.9 Å². The van der Waals surface area contributed by atoms with Crippen LogP contribution in [0.15, 0.2) is 27.6 Å². The van der Waals surface area contributed by atoms with Crippen LogP contribution in [0.5, 0.6) is 0 Å². The molecular weight excluding hydrogens is 334 g/mol. The minimum Gasteiger partial charge on any atom is -0.350 e. The van der Waals surface area contributed by atoms with Gasteiger partial charge in [-0.05, 0) is 47.5 Å². The Morgan fingerprint density at radius 2 is 2.22 bits per heavy atom. The lowest BCUT2D eigenvalue weighted by Gasteiger charge is -2.14. The first-order chi connectivity index (χ1) is 8.40. The standard InChI is InChI=1S/C12H16BrNO2S2/c1-8(5-6-18(2)16)14-12(15)10-7-9(17)3-4-11(10)13/h3-4,7-8,17H,5-6H2,1-2H3,(H,14,15). The summed E-state index contributed by atoms with van der Waals surface area (Å²) in [7, 11) is -0.826. The first-order valence-electron chi connectivity index (χ1n) is 5.49. The van der Waals surface area contributed by atoms with Crippen molar-refractivity contribution in [1.29, 1.82) is 0 Å². The van der Waals surface area contributed by atoms with Gasteiger partial charge in [0.05, 0.1) is 5.56 Å². The Balaban J connectivity index is 2.64. The zero-order valence-electron chi connectivity index (χ0n) is 10.3. The molecule has 0 aliphatic carbocycles. The molecule has 0 heterocycles. The lowest BCUT2D eigenvalue weighted by Crippen LogP contribution is -2.33. The fourth-order valence-electron chi connectivity index (χ4n) is 1.40. The van der Waals surface area contributed by atoms with Crippen LogP contribution in [0.3, 0.4) is 0 Å². The van der Waals surface area contributed by atoms with E-state index in [0.29, 0.717) is 17.7 Å². The molecule has 18 heavy (non-hydrogen) atoms. The Bertz CT molecular complexity index is 465. The van der Waals surface area contributed by atoms with E-state index < -0.39 is 10.8 Å². The van der Waals surface area contributed by atoms with Crippen molar-refractivity contribution in [2.45, 2.75) is 24.3 Å². The van der Waals surface area contributed by atoms with Crippen molar-refractivity contribution in [2.24, 2.45) is 0 Å². The van der Waals surface area contributed by atoms with Crippen LogP contribution in [-0.4, -0.2) is 28.2 Å². The van der Waals surface area contributed by atoms with Crippen molar-refractivity contribution >= 4 is 45.3 Å². The normalized spacial score (nSPS) is 14.0. The molecule has 0 saturated carbocycles. The fraction of sp³-hybridized carbons (Fsp3) is 0.417. The summed E-state index contributed by atoms with van der Waals surface area (Å²) < 4.78 is 11.7. The molecule has 0 saturated heterocycles. The Hall–Kier alpha value is -0.330. The highest BCUT2D eigenvalue weighted by molar-refractivity contribution is 9.10. The third-order valence-electron chi connectivity index (χ3n) is 2.41. The van der Waals surface area contributed by atoms with Gasteiger partial charge in [0.15, 0.2) is 0 Å². The summed E-state index contributed by atoms with van der Waals surface area (Å²) in [6, 6.07) is 5.32. The molecule has 1 N–H and O–H groups in total. The number of halogens is 1. The van der Waals surface area contributed by atoms with Crippen LogP contribution in [0.25, 0.3) is 0 Å². The largest absolute Gasteiger partial charge is 0.350 e. The third-order valence-corrected chi connectivity index (χ3v) is 4.19. The maximum atomic E-state index is 12.0. The van der Waals surface area contributed by atoms with E-state index in [9.17, 15) is 9.00 Å². The number of nitrogens with one attached hydrogen (secondary N) is 1. The predicted molar refractivity (Wildman–Crippen MR) is 81.9 cm³/mol. The first kappa shape index (κ1) is 15.7. The molecule has 0 aliphatic heterocycles. The average Bonchev–Trinajstić information content (AvgIpc) is 2.29. The smallest absolute Gasteiger partial charge is 0.252 e. The molecule has 1 rings (SSSR count). The molecule has 6 heteroatoms. The number of carbonyl (C=O) groups excluding carboxylic acids is 1. The summed E-state index contributed by atoms with van der Waals surface area (Å²) in [5.74, 6) is 0.446. The van der Waals surface area contributed by atoms with Crippen molar-refractivity contribution in [3.05, 3.63) is 28.2 Å². The number of benzene rings is 1. The van der Waals surface area contributed by atoms with Gasteiger partial charge in [0.25, 0.3) is 5.91 Å². The molecule has 0 aromatic heterocycles. The summed E-state index contributed by atoms with van der Waals surface area (Å²) >= 11 is 7.55. The molecule has 1 aromatic carbocycles. The number of carbonyl (C=O) groups is 1. The minimum absolute atomic E-state index is 0.00289. The molecule has 3 nitrogen and oxygen atoms in total. The van der Waals surface area contributed by atoms with Crippen LogP contribution in [0.1, 0.15) is 23.7 Å². The Kier molecular flexibility index (Phi) is 6.38. The van der Waals surface area contributed by atoms with Crippen molar-refractivity contribution in [1.82, 2.24) is 5.32 Å². The van der Waals surface area contributed by atoms with Crippen LogP contribution in [0, 0.1) is 0 Å². The Morgan fingerprint density at radius 3 is 2.83 bits per heavy atom. The molecule has 0 spiro atoms. The van der Waals surface area contributed by atoms with E-state index in [1.807, 2.05) is 13.0 Å². The number of hydrogen-bond donors (Lipinski definition) is 2. The van der Waals surface area contributed by atoms with Gasteiger partial charge in [-0.1, -0.05) is 0 Å². The molecule has 1 amide bonds. The topological polar surface area (TPSA) is 46.2 Å². The zero-order chi connectivity index (χ0) is 13.7. The van der Waals surface area contributed by atoms with Crippen molar-refractivity contribution in [3.63, 3.8) is 0 Å². The van der Waals surface area contributed by atoms with E-state index in [1.54, 1.807) is 18.4 Å². The van der Waals surface area contributed by atoms with Crippen molar-refractivity contribution in [3.8, 4) is 0 Å². The fourth-order valence-corrected chi connectivity index (χ4v) is 2.72. The molecule has 100 valence electrons. The Labute approximate surface area is 124 Å². The second-order valence-corrected chi connectivity index (χ2v) is 7.03. The maximum absolute atomic E-state index is 12.0. The third kappa shape index (κ3) is 5.12. The van der Waals surface area contributed by atoms with Gasteiger partial charge in [-0.25, -0.2) is 0 Å². The molecule has 0 bridgehead atoms. The Morgan fingerprint density at radius 1 is 1.56 bits per heavy atom. The molecule has 1 aromatic rings. The highest BCUT2D eigenvalue weighted by Crippen LogP contribution is 2.20.